The number of benzene rings is 1. The van der Waals surface area contributed by atoms with E-state index in [1.54, 1.807) is 6.07 Å². The first-order valence-electron chi connectivity index (χ1n) is 7.25. The summed E-state index contributed by atoms with van der Waals surface area (Å²) in [6, 6.07) is 7.54. The number of aryl methyl sites for hydroxylation is 1. The van der Waals surface area contributed by atoms with Gasteiger partial charge in [0.2, 0.25) is 0 Å². The van der Waals surface area contributed by atoms with Gasteiger partial charge in [0.05, 0.1) is 0 Å². The Labute approximate surface area is 119 Å². The predicted octanol–water partition coefficient (Wildman–Crippen LogP) is 2.63. The normalized spacial score (nSPS) is 22.1. The van der Waals surface area contributed by atoms with Crippen molar-refractivity contribution in [3.63, 3.8) is 0 Å². The van der Waals surface area contributed by atoms with Crippen LogP contribution in [-0.4, -0.2) is 17.9 Å². The topological polar surface area (TPSA) is 58.2 Å². The number of amides is 2. The number of anilines is 1. The molecule has 20 heavy (non-hydrogen) atoms. The van der Waals surface area contributed by atoms with Crippen LogP contribution in [-0.2, 0) is 9.59 Å². The molecule has 0 aromatic heterocycles. The molecule has 2 atom stereocenters. The number of hydrogen-bond donors (Lipinski definition) is 2. The van der Waals surface area contributed by atoms with Crippen LogP contribution in [0.1, 0.15) is 38.2 Å². The van der Waals surface area contributed by atoms with Crippen molar-refractivity contribution in [2.75, 3.05) is 5.32 Å². The Morgan fingerprint density at radius 3 is 2.60 bits per heavy atom. The lowest BCUT2D eigenvalue weighted by atomic mass is 9.86. The van der Waals surface area contributed by atoms with E-state index in [9.17, 15) is 9.59 Å². The standard InChI is InChI=1S/C16H22N2O2/c1-11-6-5-8-13(10-11)17-15(19)16(20)18-14-9-4-3-7-12(14)2/h5-6,8,10,12,14H,3-4,7,9H2,1-2H3,(H,17,19)(H,18,20)/t12-,14-/m1/s1. The van der Waals surface area contributed by atoms with Gasteiger partial charge in [-0.15, -0.1) is 0 Å². The van der Waals surface area contributed by atoms with Gasteiger partial charge in [-0.05, 0) is 43.4 Å². The molecular weight excluding hydrogens is 252 g/mol. The Balaban J connectivity index is 1.90. The third kappa shape index (κ3) is 3.83. The summed E-state index contributed by atoms with van der Waals surface area (Å²) in [6.45, 7) is 4.07. The molecule has 0 heterocycles. The highest BCUT2D eigenvalue weighted by Crippen LogP contribution is 2.23. The van der Waals surface area contributed by atoms with Crippen molar-refractivity contribution in [2.24, 2.45) is 5.92 Å². The van der Waals surface area contributed by atoms with Crippen molar-refractivity contribution in [1.29, 1.82) is 0 Å². The van der Waals surface area contributed by atoms with E-state index in [-0.39, 0.29) is 6.04 Å². The first kappa shape index (κ1) is 14.6. The molecule has 2 rings (SSSR count). The lowest BCUT2D eigenvalue weighted by Crippen LogP contribution is -2.45. The van der Waals surface area contributed by atoms with Gasteiger partial charge in [0.1, 0.15) is 0 Å². The average Bonchev–Trinajstić information content (AvgIpc) is 2.41. The van der Waals surface area contributed by atoms with Gasteiger partial charge < -0.3 is 10.6 Å². The quantitative estimate of drug-likeness (QED) is 0.814. The molecule has 108 valence electrons. The Morgan fingerprint density at radius 1 is 1.15 bits per heavy atom. The van der Waals surface area contributed by atoms with Crippen LogP contribution in [0.25, 0.3) is 0 Å². The molecule has 0 spiro atoms. The van der Waals surface area contributed by atoms with E-state index in [0.717, 1.165) is 24.8 Å². The number of rotatable bonds is 2. The molecule has 0 saturated heterocycles. The van der Waals surface area contributed by atoms with Crippen LogP contribution in [0, 0.1) is 12.8 Å². The SMILES string of the molecule is Cc1cccc(NC(=O)C(=O)N[C@@H]2CCCC[C@H]2C)c1. The van der Waals surface area contributed by atoms with Crippen LogP contribution in [0.2, 0.25) is 0 Å². The fraction of sp³-hybridized carbons (Fsp3) is 0.500. The first-order valence-corrected chi connectivity index (χ1v) is 7.25. The second kappa shape index (κ2) is 6.55. The van der Waals surface area contributed by atoms with Gasteiger partial charge >= 0.3 is 11.8 Å². The largest absolute Gasteiger partial charge is 0.345 e. The van der Waals surface area contributed by atoms with Crippen molar-refractivity contribution < 1.29 is 9.59 Å². The Kier molecular flexibility index (Phi) is 4.77. The number of nitrogens with one attached hydrogen (secondary N) is 2. The van der Waals surface area contributed by atoms with Crippen LogP contribution in [0.15, 0.2) is 24.3 Å². The van der Waals surface area contributed by atoms with E-state index in [0.29, 0.717) is 11.6 Å². The fourth-order valence-electron chi connectivity index (χ4n) is 2.68. The summed E-state index contributed by atoms with van der Waals surface area (Å²) < 4.78 is 0. The van der Waals surface area contributed by atoms with Gasteiger partial charge in [0.15, 0.2) is 0 Å². The molecule has 0 unspecified atom stereocenters. The summed E-state index contributed by atoms with van der Waals surface area (Å²) in [7, 11) is 0. The molecule has 2 N–H and O–H groups in total. The van der Waals surface area contributed by atoms with Crippen molar-refractivity contribution in [3.05, 3.63) is 29.8 Å². The van der Waals surface area contributed by atoms with E-state index in [1.807, 2.05) is 25.1 Å². The summed E-state index contributed by atoms with van der Waals surface area (Å²) >= 11 is 0. The van der Waals surface area contributed by atoms with Gasteiger partial charge in [0.25, 0.3) is 0 Å². The lowest BCUT2D eigenvalue weighted by Gasteiger charge is -2.29. The summed E-state index contributed by atoms with van der Waals surface area (Å²) in [5.74, 6) is -0.682. The maximum absolute atomic E-state index is 11.9. The average molecular weight is 274 g/mol. The van der Waals surface area contributed by atoms with E-state index in [1.165, 1.54) is 6.42 Å². The van der Waals surface area contributed by atoms with Gasteiger partial charge in [-0.25, -0.2) is 0 Å². The molecule has 1 aliphatic rings. The molecule has 1 aromatic rings. The number of carbonyl (C=O) groups is 2. The highest BCUT2D eigenvalue weighted by atomic mass is 16.2. The molecule has 1 fully saturated rings. The minimum Gasteiger partial charge on any atom is -0.345 e. The monoisotopic (exact) mass is 274 g/mol. The lowest BCUT2D eigenvalue weighted by molar-refractivity contribution is -0.137. The van der Waals surface area contributed by atoms with Crippen LogP contribution in [0.4, 0.5) is 5.69 Å². The Morgan fingerprint density at radius 2 is 1.90 bits per heavy atom. The van der Waals surface area contributed by atoms with E-state index in [4.69, 9.17) is 0 Å². The summed E-state index contributed by atoms with van der Waals surface area (Å²) in [5, 5.41) is 5.49. The number of carbonyl (C=O) groups excluding carboxylic acids is 2. The summed E-state index contributed by atoms with van der Waals surface area (Å²) in [6.07, 6.45) is 4.41. The summed E-state index contributed by atoms with van der Waals surface area (Å²) in [4.78, 5) is 23.8. The van der Waals surface area contributed by atoms with Crippen LogP contribution in [0.3, 0.4) is 0 Å². The molecule has 1 saturated carbocycles. The van der Waals surface area contributed by atoms with Crippen molar-refractivity contribution >= 4 is 17.5 Å². The molecular formula is C16H22N2O2. The molecule has 4 heteroatoms. The first-order chi connectivity index (χ1) is 9.56. The number of hydrogen-bond acceptors (Lipinski definition) is 2. The highest BCUT2D eigenvalue weighted by molar-refractivity contribution is 6.39. The summed E-state index contributed by atoms with van der Waals surface area (Å²) in [5.41, 5.74) is 1.70. The van der Waals surface area contributed by atoms with Crippen LogP contribution >= 0.6 is 0 Å². The molecule has 0 aliphatic heterocycles. The molecule has 0 bridgehead atoms. The highest BCUT2D eigenvalue weighted by Gasteiger charge is 2.25. The molecule has 2 amide bonds. The maximum atomic E-state index is 11.9. The molecule has 1 aliphatic carbocycles. The third-order valence-corrected chi connectivity index (χ3v) is 3.91. The van der Waals surface area contributed by atoms with E-state index in [2.05, 4.69) is 17.6 Å². The second-order valence-corrected chi connectivity index (χ2v) is 5.67. The van der Waals surface area contributed by atoms with Gasteiger partial charge in [-0.3, -0.25) is 9.59 Å². The van der Waals surface area contributed by atoms with E-state index < -0.39 is 11.8 Å². The zero-order valence-corrected chi connectivity index (χ0v) is 12.1. The molecule has 0 radical (unpaired) electrons. The van der Waals surface area contributed by atoms with Crippen molar-refractivity contribution in [3.8, 4) is 0 Å². The minimum atomic E-state index is -0.589. The Bertz CT molecular complexity index is 499. The zero-order chi connectivity index (χ0) is 14.5. The fourth-order valence-corrected chi connectivity index (χ4v) is 2.68. The molecule has 1 aromatic carbocycles. The third-order valence-electron chi connectivity index (χ3n) is 3.91. The minimum absolute atomic E-state index is 0.125. The van der Waals surface area contributed by atoms with Crippen LogP contribution < -0.4 is 10.6 Å². The predicted molar refractivity (Wildman–Crippen MR) is 79.4 cm³/mol. The van der Waals surface area contributed by atoms with E-state index >= 15 is 0 Å². The zero-order valence-electron chi connectivity index (χ0n) is 12.1. The van der Waals surface area contributed by atoms with Gasteiger partial charge in [-0.2, -0.15) is 0 Å². The van der Waals surface area contributed by atoms with Crippen molar-refractivity contribution in [1.82, 2.24) is 5.32 Å². The second-order valence-electron chi connectivity index (χ2n) is 5.67. The maximum Gasteiger partial charge on any atom is 0.313 e. The van der Waals surface area contributed by atoms with Crippen molar-refractivity contribution in [2.45, 2.75) is 45.6 Å². The molecule has 4 nitrogen and oxygen atoms in total. The smallest absolute Gasteiger partial charge is 0.313 e. The van der Waals surface area contributed by atoms with Crippen LogP contribution in [0.5, 0.6) is 0 Å². The van der Waals surface area contributed by atoms with Gasteiger partial charge in [-0.1, -0.05) is 31.9 Å². The Hall–Kier alpha value is -1.84. The van der Waals surface area contributed by atoms with Gasteiger partial charge in [0, 0.05) is 11.7 Å².